The number of urea groups is 1. The maximum atomic E-state index is 12.4. The van der Waals surface area contributed by atoms with E-state index in [-0.39, 0.29) is 23.9 Å². The third-order valence-electron chi connectivity index (χ3n) is 5.07. The second-order valence-electron chi connectivity index (χ2n) is 7.88. The molecule has 0 aromatic carbocycles. The molecule has 2 aliphatic heterocycles. The molecule has 0 aromatic rings. The van der Waals surface area contributed by atoms with Gasteiger partial charge in [0.15, 0.2) is 0 Å². The van der Waals surface area contributed by atoms with Crippen molar-refractivity contribution in [2.75, 3.05) is 32.7 Å². The first-order chi connectivity index (χ1) is 11.5. The summed E-state index contributed by atoms with van der Waals surface area (Å²) in [6.07, 6.45) is 3.55. The minimum Gasteiger partial charge on any atom is -0.353 e. The Morgan fingerprint density at radius 3 is 2.79 bits per heavy atom. The van der Waals surface area contributed by atoms with E-state index in [0.29, 0.717) is 31.3 Å². The highest BCUT2D eigenvalue weighted by Gasteiger charge is 2.27. The van der Waals surface area contributed by atoms with E-state index in [1.807, 2.05) is 4.90 Å². The van der Waals surface area contributed by atoms with Gasteiger partial charge >= 0.3 is 6.03 Å². The Balaban J connectivity index is 1.75. The summed E-state index contributed by atoms with van der Waals surface area (Å²) >= 11 is 0. The number of rotatable bonds is 5. The number of piperidine rings is 2. The Morgan fingerprint density at radius 1 is 1.29 bits per heavy atom. The molecule has 0 radical (unpaired) electrons. The van der Waals surface area contributed by atoms with Crippen LogP contribution >= 0.6 is 0 Å². The van der Waals surface area contributed by atoms with E-state index in [9.17, 15) is 9.59 Å². The average molecular weight is 338 g/mol. The van der Waals surface area contributed by atoms with E-state index in [4.69, 9.17) is 0 Å². The molecule has 24 heavy (non-hydrogen) atoms. The normalized spacial score (nSPS) is 27.8. The molecule has 3 amide bonds. The SMILES string of the molecule is CC(C)CNC(=O)N1CCCC(CC(=O)NC2CCNCC2C)C1. The van der Waals surface area contributed by atoms with Crippen LogP contribution in [-0.4, -0.2) is 55.6 Å². The van der Waals surface area contributed by atoms with Crippen LogP contribution in [0.3, 0.4) is 0 Å². The lowest BCUT2D eigenvalue weighted by atomic mass is 9.92. The molecule has 0 aromatic heterocycles. The van der Waals surface area contributed by atoms with E-state index in [0.717, 1.165) is 38.9 Å². The van der Waals surface area contributed by atoms with Gasteiger partial charge in [-0.25, -0.2) is 4.79 Å². The molecule has 0 spiro atoms. The summed E-state index contributed by atoms with van der Waals surface area (Å²) in [5, 5.41) is 9.53. The summed E-state index contributed by atoms with van der Waals surface area (Å²) in [6.45, 7) is 10.5. The van der Waals surface area contributed by atoms with Crippen molar-refractivity contribution >= 4 is 11.9 Å². The van der Waals surface area contributed by atoms with Gasteiger partial charge < -0.3 is 20.9 Å². The second-order valence-corrected chi connectivity index (χ2v) is 7.88. The number of nitrogens with zero attached hydrogens (tertiary/aromatic N) is 1. The van der Waals surface area contributed by atoms with Crippen molar-refractivity contribution in [2.45, 2.75) is 52.5 Å². The Bertz CT molecular complexity index is 427. The van der Waals surface area contributed by atoms with Gasteiger partial charge in [-0.3, -0.25) is 4.79 Å². The van der Waals surface area contributed by atoms with E-state index >= 15 is 0 Å². The van der Waals surface area contributed by atoms with E-state index in [1.165, 1.54) is 0 Å². The zero-order valence-corrected chi connectivity index (χ0v) is 15.4. The van der Waals surface area contributed by atoms with Crippen LogP contribution in [0, 0.1) is 17.8 Å². The number of carbonyl (C=O) groups is 2. The van der Waals surface area contributed by atoms with Crippen LogP contribution < -0.4 is 16.0 Å². The number of hydrogen-bond acceptors (Lipinski definition) is 3. The van der Waals surface area contributed by atoms with Gasteiger partial charge in [0, 0.05) is 32.1 Å². The second kappa shape index (κ2) is 9.25. The number of nitrogens with one attached hydrogen (secondary N) is 3. The number of amides is 3. The van der Waals surface area contributed by atoms with E-state index in [2.05, 4.69) is 36.7 Å². The first-order valence-electron chi connectivity index (χ1n) is 9.48. The number of likely N-dealkylation sites (tertiary alicyclic amines) is 1. The van der Waals surface area contributed by atoms with Crippen LogP contribution in [0.5, 0.6) is 0 Å². The predicted molar refractivity (Wildman–Crippen MR) is 95.7 cm³/mol. The molecule has 3 unspecified atom stereocenters. The Morgan fingerprint density at radius 2 is 2.08 bits per heavy atom. The molecule has 2 saturated heterocycles. The van der Waals surface area contributed by atoms with Crippen LogP contribution in [0.4, 0.5) is 4.79 Å². The largest absolute Gasteiger partial charge is 0.353 e. The molecule has 0 aliphatic carbocycles. The summed E-state index contributed by atoms with van der Waals surface area (Å²) in [6, 6.07) is 0.300. The van der Waals surface area contributed by atoms with Gasteiger partial charge in [0.2, 0.25) is 5.91 Å². The number of hydrogen-bond donors (Lipinski definition) is 3. The molecule has 0 bridgehead atoms. The highest BCUT2D eigenvalue weighted by molar-refractivity contribution is 5.77. The van der Waals surface area contributed by atoms with Gasteiger partial charge in [0.25, 0.3) is 0 Å². The lowest BCUT2D eigenvalue weighted by Gasteiger charge is -2.34. The minimum atomic E-state index is 0.0146. The van der Waals surface area contributed by atoms with Gasteiger partial charge in [-0.15, -0.1) is 0 Å². The van der Waals surface area contributed by atoms with Crippen molar-refractivity contribution in [3.05, 3.63) is 0 Å². The standard InChI is InChI=1S/C18H34N4O2/c1-13(2)10-20-18(24)22-8-4-5-15(12-22)9-17(23)21-16-6-7-19-11-14(16)3/h13-16,19H,4-12H2,1-3H3,(H,20,24)(H,21,23). The van der Waals surface area contributed by atoms with Crippen molar-refractivity contribution in [3.8, 4) is 0 Å². The summed E-state index contributed by atoms with van der Waals surface area (Å²) in [4.78, 5) is 26.4. The monoisotopic (exact) mass is 338 g/mol. The van der Waals surface area contributed by atoms with Crippen LogP contribution in [0.25, 0.3) is 0 Å². The molecule has 0 saturated carbocycles. The molecule has 6 heteroatoms. The minimum absolute atomic E-state index is 0.0146. The Labute approximate surface area is 146 Å². The zero-order valence-electron chi connectivity index (χ0n) is 15.4. The predicted octanol–water partition coefficient (Wildman–Crippen LogP) is 1.57. The molecule has 2 heterocycles. The maximum absolute atomic E-state index is 12.4. The van der Waals surface area contributed by atoms with Gasteiger partial charge in [0.1, 0.15) is 0 Å². The molecule has 2 fully saturated rings. The van der Waals surface area contributed by atoms with Crippen molar-refractivity contribution in [2.24, 2.45) is 17.8 Å². The lowest BCUT2D eigenvalue weighted by Crippen LogP contribution is -2.50. The van der Waals surface area contributed by atoms with Crippen molar-refractivity contribution in [1.29, 1.82) is 0 Å². The van der Waals surface area contributed by atoms with E-state index < -0.39 is 0 Å². The van der Waals surface area contributed by atoms with Crippen LogP contribution in [0.1, 0.15) is 46.5 Å². The maximum Gasteiger partial charge on any atom is 0.317 e. The highest BCUT2D eigenvalue weighted by atomic mass is 16.2. The van der Waals surface area contributed by atoms with E-state index in [1.54, 1.807) is 0 Å². The third kappa shape index (κ3) is 5.96. The third-order valence-corrected chi connectivity index (χ3v) is 5.07. The molecule has 3 N–H and O–H groups in total. The summed E-state index contributed by atoms with van der Waals surface area (Å²) in [7, 11) is 0. The first-order valence-corrected chi connectivity index (χ1v) is 9.48. The Kier molecular flexibility index (Phi) is 7.34. The summed E-state index contributed by atoms with van der Waals surface area (Å²) in [5.74, 6) is 1.35. The van der Waals surface area contributed by atoms with Crippen molar-refractivity contribution in [1.82, 2.24) is 20.9 Å². The Hall–Kier alpha value is -1.30. The smallest absolute Gasteiger partial charge is 0.317 e. The zero-order chi connectivity index (χ0) is 17.5. The van der Waals surface area contributed by atoms with Crippen molar-refractivity contribution < 1.29 is 9.59 Å². The van der Waals surface area contributed by atoms with Gasteiger partial charge in [-0.05, 0) is 50.1 Å². The fourth-order valence-corrected chi connectivity index (χ4v) is 3.58. The average Bonchev–Trinajstić information content (AvgIpc) is 2.55. The molecular formula is C18H34N4O2. The number of carbonyl (C=O) groups excluding carboxylic acids is 2. The van der Waals surface area contributed by atoms with Crippen molar-refractivity contribution in [3.63, 3.8) is 0 Å². The fraction of sp³-hybridized carbons (Fsp3) is 0.889. The topological polar surface area (TPSA) is 73.5 Å². The fourth-order valence-electron chi connectivity index (χ4n) is 3.58. The highest BCUT2D eigenvalue weighted by Crippen LogP contribution is 2.20. The first kappa shape index (κ1) is 19.0. The van der Waals surface area contributed by atoms with Crippen LogP contribution in [0.2, 0.25) is 0 Å². The molecule has 6 nitrogen and oxygen atoms in total. The quantitative estimate of drug-likeness (QED) is 0.712. The van der Waals surface area contributed by atoms with Gasteiger partial charge in [-0.1, -0.05) is 20.8 Å². The van der Waals surface area contributed by atoms with Gasteiger partial charge in [0.05, 0.1) is 0 Å². The molecule has 3 atom stereocenters. The summed E-state index contributed by atoms with van der Waals surface area (Å²) < 4.78 is 0. The molecular weight excluding hydrogens is 304 g/mol. The lowest BCUT2D eigenvalue weighted by molar-refractivity contribution is -0.123. The summed E-state index contributed by atoms with van der Waals surface area (Å²) in [5.41, 5.74) is 0. The molecule has 2 aliphatic rings. The van der Waals surface area contributed by atoms with Gasteiger partial charge in [-0.2, -0.15) is 0 Å². The van der Waals surface area contributed by atoms with Crippen LogP contribution in [-0.2, 0) is 4.79 Å². The molecule has 2 rings (SSSR count). The molecule has 138 valence electrons. The van der Waals surface area contributed by atoms with Crippen LogP contribution in [0.15, 0.2) is 0 Å².